The zero-order valence-corrected chi connectivity index (χ0v) is 12.8. The van der Waals surface area contributed by atoms with Gasteiger partial charge in [0.25, 0.3) is 0 Å². The smallest absolute Gasteiger partial charge is 0.223 e. The molecule has 2 rings (SSSR count). The van der Waals surface area contributed by atoms with Crippen LogP contribution in [0.1, 0.15) is 58.8 Å². The molecule has 6 unspecified atom stereocenters. The van der Waals surface area contributed by atoms with E-state index in [1.165, 1.54) is 0 Å². The Morgan fingerprint density at radius 3 is 2.55 bits per heavy atom. The van der Waals surface area contributed by atoms with E-state index >= 15 is 0 Å². The van der Waals surface area contributed by atoms with Crippen LogP contribution in [0.25, 0.3) is 0 Å². The van der Waals surface area contributed by atoms with Crippen LogP contribution in [0.15, 0.2) is 0 Å². The molecule has 2 saturated carbocycles. The molecule has 116 valence electrons. The summed E-state index contributed by atoms with van der Waals surface area (Å²) in [6, 6.07) is 0.0637. The summed E-state index contributed by atoms with van der Waals surface area (Å²) in [6.45, 7) is 4.32. The fraction of sp³-hybridized carbons (Fsp3) is 0.938. The number of carbonyl (C=O) groups excluding carboxylic acids is 1. The van der Waals surface area contributed by atoms with E-state index in [1.807, 2.05) is 0 Å². The van der Waals surface area contributed by atoms with E-state index < -0.39 is 0 Å². The molecule has 0 aromatic heterocycles. The van der Waals surface area contributed by atoms with Gasteiger partial charge in [-0.2, -0.15) is 0 Å². The number of hydrogen-bond donors (Lipinski definition) is 3. The topological polar surface area (TPSA) is 75.3 Å². The van der Waals surface area contributed by atoms with Crippen LogP contribution in [0, 0.1) is 17.8 Å². The van der Waals surface area contributed by atoms with Crippen LogP contribution >= 0.6 is 0 Å². The van der Waals surface area contributed by atoms with Gasteiger partial charge in [-0.1, -0.05) is 33.1 Å². The van der Waals surface area contributed by atoms with E-state index in [4.69, 9.17) is 5.73 Å². The number of carbonyl (C=O) groups is 1. The summed E-state index contributed by atoms with van der Waals surface area (Å²) < 4.78 is 0. The molecule has 0 heterocycles. The lowest BCUT2D eigenvalue weighted by molar-refractivity contribution is -0.129. The van der Waals surface area contributed by atoms with E-state index in [-0.39, 0.29) is 30.0 Å². The lowest BCUT2D eigenvalue weighted by atomic mass is 9.72. The van der Waals surface area contributed by atoms with Crippen molar-refractivity contribution < 1.29 is 9.90 Å². The van der Waals surface area contributed by atoms with E-state index in [0.29, 0.717) is 11.8 Å². The summed E-state index contributed by atoms with van der Waals surface area (Å²) in [5, 5.41) is 13.2. The maximum absolute atomic E-state index is 12.5. The van der Waals surface area contributed by atoms with Gasteiger partial charge in [0.05, 0.1) is 12.1 Å². The highest BCUT2D eigenvalue weighted by Gasteiger charge is 2.36. The Morgan fingerprint density at radius 2 is 1.80 bits per heavy atom. The lowest BCUT2D eigenvalue weighted by Crippen LogP contribution is -2.50. The van der Waals surface area contributed by atoms with Crippen molar-refractivity contribution in [2.75, 3.05) is 0 Å². The summed E-state index contributed by atoms with van der Waals surface area (Å²) in [5.41, 5.74) is 6.12. The van der Waals surface area contributed by atoms with Gasteiger partial charge in [0.2, 0.25) is 5.91 Å². The largest absolute Gasteiger partial charge is 0.391 e. The number of nitrogens with one attached hydrogen (secondary N) is 1. The Kier molecular flexibility index (Phi) is 5.44. The van der Waals surface area contributed by atoms with Crippen LogP contribution < -0.4 is 11.1 Å². The van der Waals surface area contributed by atoms with E-state index in [2.05, 4.69) is 19.2 Å². The highest BCUT2D eigenvalue weighted by molar-refractivity contribution is 5.79. The Bertz CT molecular complexity index is 334. The molecule has 6 atom stereocenters. The van der Waals surface area contributed by atoms with Crippen LogP contribution in [0.4, 0.5) is 0 Å². The van der Waals surface area contributed by atoms with Crippen molar-refractivity contribution in [1.29, 1.82) is 0 Å². The summed E-state index contributed by atoms with van der Waals surface area (Å²) in [4.78, 5) is 12.5. The van der Waals surface area contributed by atoms with Gasteiger partial charge in [0.1, 0.15) is 0 Å². The third-order valence-electron chi connectivity index (χ3n) is 5.33. The molecule has 4 heteroatoms. The second-order valence-corrected chi connectivity index (χ2v) is 7.02. The molecule has 0 aromatic carbocycles. The average Bonchev–Trinajstić information content (AvgIpc) is 2.59. The van der Waals surface area contributed by atoms with Gasteiger partial charge >= 0.3 is 0 Å². The van der Waals surface area contributed by atoms with Gasteiger partial charge in [-0.25, -0.2) is 0 Å². The normalized spacial score (nSPS) is 42.8. The minimum Gasteiger partial charge on any atom is -0.391 e. The first-order valence-corrected chi connectivity index (χ1v) is 8.23. The number of aliphatic hydroxyl groups is 1. The molecule has 0 aromatic rings. The highest BCUT2D eigenvalue weighted by Crippen LogP contribution is 2.33. The molecule has 0 bridgehead atoms. The van der Waals surface area contributed by atoms with Crippen molar-refractivity contribution in [3.63, 3.8) is 0 Å². The number of nitrogens with two attached hydrogens (primary N) is 1. The van der Waals surface area contributed by atoms with Crippen LogP contribution in [0.3, 0.4) is 0 Å². The molecule has 4 N–H and O–H groups in total. The molecule has 2 aliphatic rings. The van der Waals surface area contributed by atoms with Gasteiger partial charge < -0.3 is 16.2 Å². The van der Waals surface area contributed by atoms with Crippen molar-refractivity contribution in [1.82, 2.24) is 5.32 Å². The first-order chi connectivity index (χ1) is 9.49. The summed E-state index contributed by atoms with van der Waals surface area (Å²) in [5.74, 6) is 0.993. The predicted octanol–water partition coefficient (Wildman–Crippen LogP) is 1.81. The number of amides is 1. The third-order valence-corrected chi connectivity index (χ3v) is 5.33. The van der Waals surface area contributed by atoms with Crippen molar-refractivity contribution in [2.24, 2.45) is 23.5 Å². The van der Waals surface area contributed by atoms with Gasteiger partial charge in [0, 0.05) is 12.0 Å². The fourth-order valence-electron chi connectivity index (χ4n) is 3.79. The first kappa shape index (κ1) is 15.8. The molecule has 0 radical (unpaired) electrons. The van der Waals surface area contributed by atoms with Crippen LogP contribution in [0.2, 0.25) is 0 Å². The van der Waals surface area contributed by atoms with E-state index in [0.717, 1.165) is 44.9 Å². The second-order valence-electron chi connectivity index (χ2n) is 7.02. The minimum atomic E-state index is -0.382. The molecule has 20 heavy (non-hydrogen) atoms. The number of rotatable bonds is 2. The van der Waals surface area contributed by atoms with Crippen LogP contribution in [0.5, 0.6) is 0 Å². The molecule has 2 fully saturated rings. The monoisotopic (exact) mass is 282 g/mol. The van der Waals surface area contributed by atoms with Gasteiger partial charge in [-0.05, 0) is 37.5 Å². The fourth-order valence-corrected chi connectivity index (χ4v) is 3.79. The lowest BCUT2D eigenvalue weighted by Gasteiger charge is -2.37. The molecule has 0 spiro atoms. The Morgan fingerprint density at radius 1 is 1.10 bits per heavy atom. The van der Waals surface area contributed by atoms with Gasteiger partial charge in [-0.3, -0.25) is 4.79 Å². The molecule has 2 aliphatic carbocycles. The molecule has 4 nitrogen and oxygen atoms in total. The molecular weight excluding hydrogens is 252 g/mol. The molecule has 1 amide bonds. The highest BCUT2D eigenvalue weighted by atomic mass is 16.3. The van der Waals surface area contributed by atoms with Crippen LogP contribution in [-0.2, 0) is 4.79 Å². The SMILES string of the molecule is CC1CC(C)C(C(=O)NC2CCCCCC2O)CC1N. The van der Waals surface area contributed by atoms with Gasteiger partial charge in [-0.15, -0.1) is 0 Å². The Labute approximate surface area is 122 Å². The van der Waals surface area contributed by atoms with Gasteiger partial charge in [0.15, 0.2) is 0 Å². The second kappa shape index (κ2) is 6.90. The molecule has 0 saturated heterocycles. The zero-order valence-electron chi connectivity index (χ0n) is 12.8. The third kappa shape index (κ3) is 3.73. The van der Waals surface area contributed by atoms with Crippen molar-refractivity contribution >= 4 is 5.91 Å². The maximum atomic E-state index is 12.5. The summed E-state index contributed by atoms with van der Waals surface area (Å²) in [7, 11) is 0. The minimum absolute atomic E-state index is 0.0108. The number of aliphatic hydroxyl groups excluding tert-OH is 1. The van der Waals surface area contributed by atoms with Crippen molar-refractivity contribution in [3.05, 3.63) is 0 Å². The first-order valence-electron chi connectivity index (χ1n) is 8.23. The Balaban J connectivity index is 1.93. The van der Waals surface area contributed by atoms with Crippen molar-refractivity contribution in [2.45, 2.75) is 77.0 Å². The molecular formula is C16H30N2O2. The zero-order chi connectivity index (χ0) is 14.7. The van der Waals surface area contributed by atoms with E-state index in [1.54, 1.807) is 0 Å². The summed E-state index contributed by atoms with van der Waals surface area (Å²) in [6.07, 6.45) is 6.44. The quantitative estimate of drug-likeness (QED) is 0.676. The Hall–Kier alpha value is -0.610. The molecule has 0 aliphatic heterocycles. The number of hydrogen-bond acceptors (Lipinski definition) is 3. The average molecular weight is 282 g/mol. The summed E-state index contributed by atoms with van der Waals surface area (Å²) >= 11 is 0. The standard InChI is InChI=1S/C16H30N2O2/c1-10-8-11(2)13(17)9-12(10)16(20)18-14-6-4-3-5-7-15(14)19/h10-15,19H,3-9,17H2,1-2H3,(H,18,20). The van der Waals surface area contributed by atoms with E-state index in [9.17, 15) is 9.90 Å². The van der Waals surface area contributed by atoms with Crippen molar-refractivity contribution in [3.8, 4) is 0 Å². The predicted molar refractivity (Wildman–Crippen MR) is 80.0 cm³/mol. The maximum Gasteiger partial charge on any atom is 0.223 e. The van der Waals surface area contributed by atoms with Crippen LogP contribution in [-0.4, -0.2) is 29.2 Å².